The Balaban J connectivity index is 1.77. The lowest BCUT2D eigenvalue weighted by atomic mass is 10.1. The predicted octanol–water partition coefficient (Wildman–Crippen LogP) is 2.14. The third-order valence-electron chi connectivity index (χ3n) is 5.50. The third kappa shape index (κ3) is 4.70. The molecule has 33 heavy (non-hydrogen) atoms. The average Bonchev–Trinajstić information content (AvgIpc) is 3.37. The number of nitrogens with zero attached hydrogens (tertiary/aromatic N) is 5. The number of rotatable bonds is 9. The molecule has 3 aromatic rings. The second kappa shape index (κ2) is 10.0. The molecule has 1 aliphatic rings. The van der Waals surface area contributed by atoms with E-state index in [1.165, 1.54) is 0 Å². The van der Waals surface area contributed by atoms with Crippen molar-refractivity contribution in [2.75, 3.05) is 38.2 Å². The van der Waals surface area contributed by atoms with Crippen molar-refractivity contribution < 1.29 is 9.84 Å². The summed E-state index contributed by atoms with van der Waals surface area (Å²) in [5, 5.41) is 17.1. The Kier molecular flexibility index (Phi) is 6.93. The molecule has 0 fully saturated rings. The van der Waals surface area contributed by atoms with Gasteiger partial charge in [-0.25, -0.2) is 4.98 Å². The van der Waals surface area contributed by atoms with Crippen LogP contribution in [-0.4, -0.2) is 68.6 Å². The van der Waals surface area contributed by atoms with E-state index in [4.69, 9.17) is 9.72 Å². The van der Waals surface area contributed by atoms with Crippen LogP contribution in [0.25, 0.3) is 22.4 Å². The highest BCUT2D eigenvalue weighted by molar-refractivity contribution is 5.95. The molecule has 3 N–H and O–H groups in total. The number of aliphatic hydroxyl groups is 1. The molecule has 176 valence electrons. The van der Waals surface area contributed by atoms with Gasteiger partial charge in [0.05, 0.1) is 31.0 Å². The van der Waals surface area contributed by atoms with Crippen LogP contribution in [0.15, 0.2) is 28.0 Å². The predicted molar refractivity (Wildman–Crippen MR) is 129 cm³/mol. The molecule has 0 atom stereocenters. The van der Waals surface area contributed by atoms with Crippen LogP contribution in [0.4, 0.5) is 5.69 Å². The van der Waals surface area contributed by atoms with Crippen LogP contribution in [0.3, 0.4) is 0 Å². The zero-order valence-electron chi connectivity index (χ0n) is 19.4. The standard InChI is InChI=1S/C23H31N7O3/c1-4-6-17-19-20(29(3)28-17)22(32)27-21(26-19)16-14-15(7-8-18(16)33-13-5-2)25-23-24-9-10-30(23)11-12-31/h7-8,14,31H,4-6,9-13H2,1-3H3,(H,24,25)(H,26,27,32). The molecule has 0 radical (unpaired) electrons. The molecule has 0 saturated carbocycles. The molecule has 0 spiro atoms. The largest absolute Gasteiger partial charge is 0.493 e. The molecular weight excluding hydrogens is 422 g/mol. The van der Waals surface area contributed by atoms with Crippen molar-refractivity contribution in [1.82, 2.24) is 24.6 Å². The third-order valence-corrected chi connectivity index (χ3v) is 5.50. The normalized spacial score (nSPS) is 13.6. The van der Waals surface area contributed by atoms with Crippen molar-refractivity contribution in [1.29, 1.82) is 0 Å². The van der Waals surface area contributed by atoms with Crippen LogP contribution in [-0.2, 0) is 13.5 Å². The number of ether oxygens (including phenoxy) is 1. The van der Waals surface area contributed by atoms with Crippen molar-refractivity contribution in [2.45, 2.75) is 33.1 Å². The number of guanidine groups is 1. The molecule has 1 aromatic carbocycles. The molecule has 2 aromatic heterocycles. The van der Waals surface area contributed by atoms with E-state index in [0.717, 1.165) is 37.2 Å². The number of anilines is 1. The lowest BCUT2D eigenvalue weighted by molar-refractivity contribution is 0.256. The van der Waals surface area contributed by atoms with Gasteiger partial charge in [0.2, 0.25) is 0 Å². The maximum absolute atomic E-state index is 13.0. The first-order valence-corrected chi connectivity index (χ1v) is 11.5. The van der Waals surface area contributed by atoms with Crippen LogP contribution in [0.2, 0.25) is 0 Å². The SMILES string of the molecule is CCCOc1ccc(NC2=NCCN2CCO)cc1-c1nc2c(CCC)nn(C)c2c(=O)[nH]1. The van der Waals surface area contributed by atoms with Gasteiger partial charge in [-0.05, 0) is 31.0 Å². The molecule has 0 aliphatic carbocycles. The Morgan fingerprint density at radius 3 is 2.88 bits per heavy atom. The Hall–Kier alpha value is -3.40. The fourth-order valence-corrected chi connectivity index (χ4v) is 3.98. The van der Waals surface area contributed by atoms with Gasteiger partial charge < -0.3 is 25.0 Å². The summed E-state index contributed by atoms with van der Waals surface area (Å²) < 4.78 is 7.57. The number of aromatic nitrogens is 4. The number of aromatic amines is 1. The average molecular weight is 454 g/mol. The Labute approximate surface area is 192 Å². The van der Waals surface area contributed by atoms with Crippen LogP contribution in [0, 0.1) is 0 Å². The molecule has 10 heteroatoms. The maximum Gasteiger partial charge on any atom is 0.277 e. The molecule has 10 nitrogen and oxygen atoms in total. The molecule has 0 unspecified atom stereocenters. The van der Waals surface area contributed by atoms with Gasteiger partial charge in [0.25, 0.3) is 5.56 Å². The highest BCUT2D eigenvalue weighted by Gasteiger charge is 2.20. The van der Waals surface area contributed by atoms with Crippen molar-refractivity contribution in [3.63, 3.8) is 0 Å². The molecular formula is C23H31N7O3. The number of aliphatic hydroxyl groups excluding tert-OH is 1. The first-order chi connectivity index (χ1) is 16.0. The highest BCUT2D eigenvalue weighted by Crippen LogP contribution is 2.32. The van der Waals surface area contributed by atoms with E-state index in [-0.39, 0.29) is 12.2 Å². The highest BCUT2D eigenvalue weighted by atomic mass is 16.5. The van der Waals surface area contributed by atoms with Gasteiger partial charge in [0, 0.05) is 25.8 Å². The van der Waals surface area contributed by atoms with Gasteiger partial charge in [-0.2, -0.15) is 5.10 Å². The van der Waals surface area contributed by atoms with E-state index in [9.17, 15) is 9.90 Å². The number of fused-ring (bicyclic) bond motifs is 1. The van der Waals surface area contributed by atoms with Crippen LogP contribution in [0.1, 0.15) is 32.4 Å². The number of β-amino-alcohol motifs (C(OH)–C–C–N with tert-alkyl or cyclic N) is 1. The van der Waals surface area contributed by atoms with Crippen LogP contribution < -0.4 is 15.6 Å². The molecule has 1 aliphatic heterocycles. The summed E-state index contributed by atoms with van der Waals surface area (Å²) in [6.45, 7) is 6.70. The molecule has 4 rings (SSSR count). The number of H-pyrrole nitrogens is 1. The van der Waals surface area contributed by atoms with E-state index in [1.54, 1.807) is 11.7 Å². The minimum Gasteiger partial charge on any atom is -0.493 e. The minimum absolute atomic E-state index is 0.0616. The Bertz CT molecular complexity index is 1210. The van der Waals surface area contributed by atoms with E-state index in [1.807, 2.05) is 30.0 Å². The van der Waals surface area contributed by atoms with Gasteiger partial charge in [-0.3, -0.25) is 14.5 Å². The molecule has 0 bridgehead atoms. The zero-order valence-corrected chi connectivity index (χ0v) is 19.4. The summed E-state index contributed by atoms with van der Waals surface area (Å²) in [6, 6.07) is 5.69. The van der Waals surface area contributed by atoms with Crippen molar-refractivity contribution in [2.24, 2.45) is 12.0 Å². The lowest BCUT2D eigenvalue weighted by Gasteiger charge is -2.20. The van der Waals surface area contributed by atoms with Gasteiger partial charge >= 0.3 is 0 Å². The van der Waals surface area contributed by atoms with Gasteiger partial charge in [-0.15, -0.1) is 0 Å². The fourth-order valence-electron chi connectivity index (χ4n) is 3.98. The molecule has 0 amide bonds. The topological polar surface area (TPSA) is 121 Å². The van der Waals surface area contributed by atoms with Crippen molar-refractivity contribution in [3.05, 3.63) is 34.2 Å². The van der Waals surface area contributed by atoms with Crippen molar-refractivity contribution >= 4 is 22.7 Å². The van der Waals surface area contributed by atoms with Gasteiger partial charge in [0.1, 0.15) is 17.1 Å². The number of nitrogens with one attached hydrogen (secondary N) is 2. The van der Waals surface area contributed by atoms with Crippen molar-refractivity contribution in [3.8, 4) is 17.1 Å². The zero-order chi connectivity index (χ0) is 23.4. The van der Waals surface area contributed by atoms with Crippen LogP contribution in [0.5, 0.6) is 5.75 Å². The molecule has 0 saturated heterocycles. The monoisotopic (exact) mass is 453 g/mol. The fraction of sp³-hybridized carbons (Fsp3) is 0.478. The summed E-state index contributed by atoms with van der Waals surface area (Å²) in [5.41, 5.74) is 3.14. The van der Waals surface area contributed by atoms with Gasteiger partial charge in [-0.1, -0.05) is 20.3 Å². The van der Waals surface area contributed by atoms with E-state index >= 15 is 0 Å². The first kappa shape index (κ1) is 22.8. The Morgan fingerprint density at radius 2 is 2.12 bits per heavy atom. The summed E-state index contributed by atoms with van der Waals surface area (Å²) in [6.07, 6.45) is 2.51. The Morgan fingerprint density at radius 1 is 1.27 bits per heavy atom. The number of hydrogen-bond donors (Lipinski definition) is 3. The first-order valence-electron chi connectivity index (χ1n) is 11.5. The summed E-state index contributed by atoms with van der Waals surface area (Å²) in [5.74, 6) is 1.80. The van der Waals surface area contributed by atoms with Crippen LogP contribution >= 0.6 is 0 Å². The minimum atomic E-state index is -0.235. The van der Waals surface area contributed by atoms with Gasteiger partial charge in [0.15, 0.2) is 11.5 Å². The lowest BCUT2D eigenvalue weighted by Crippen LogP contribution is -2.35. The van der Waals surface area contributed by atoms with E-state index in [2.05, 4.69) is 27.3 Å². The number of aryl methyl sites for hydroxylation is 2. The number of benzene rings is 1. The second-order valence-electron chi connectivity index (χ2n) is 8.03. The van der Waals surface area contributed by atoms with E-state index < -0.39 is 0 Å². The van der Waals surface area contributed by atoms with E-state index in [0.29, 0.717) is 53.8 Å². The maximum atomic E-state index is 13.0. The molecule has 3 heterocycles. The number of hydrogen-bond acceptors (Lipinski definition) is 8. The summed E-state index contributed by atoms with van der Waals surface area (Å²) in [7, 11) is 1.76. The summed E-state index contributed by atoms with van der Waals surface area (Å²) in [4.78, 5) is 27.2. The number of aliphatic imine (C=N–C) groups is 1. The summed E-state index contributed by atoms with van der Waals surface area (Å²) >= 11 is 0. The smallest absolute Gasteiger partial charge is 0.277 e. The quantitative estimate of drug-likeness (QED) is 0.454. The second-order valence-corrected chi connectivity index (χ2v) is 8.03.